The summed E-state index contributed by atoms with van der Waals surface area (Å²) in [5.74, 6) is 0.0889. The average molecular weight is 254 g/mol. The second kappa shape index (κ2) is 6.06. The van der Waals surface area contributed by atoms with Gasteiger partial charge in [-0.3, -0.25) is 0 Å². The van der Waals surface area contributed by atoms with E-state index in [1.807, 2.05) is 0 Å². The number of nitrogens with zero attached hydrogens (tertiary/aromatic N) is 1. The Bertz CT molecular complexity index is 273. The summed E-state index contributed by atoms with van der Waals surface area (Å²) in [5.41, 5.74) is 0. The Kier molecular flexibility index (Phi) is 5.36. The second-order valence-electron chi connectivity index (χ2n) is 4.37. The third-order valence-corrected chi connectivity index (χ3v) is 4.34. The maximum Gasteiger partial charge on any atom is 0.232 e. The van der Waals surface area contributed by atoms with E-state index in [0.717, 1.165) is 6.54 Å². The molecule has 0 aromatic rings. The summed E-state index contributed by atoms with van der Waals surface area (Å²) in [4.78, 5) is 2.28. The van der Waals surface area contributed by atoms with Gasteiger partial charge < -0.3 is 4.90 Å². The average Bonchev–Trinajstić information content (AvgIpc) is 2.17. The summed E-state index contributed by atoms with van der Waals surface area (Å²) in [5, 5.41) is 0. The highest BCUT2D eigenvalue weighted by molar-refractivity contribution is 8.13. The van der Waals surface area contributed by atoms with E-state index in [-0.39, 0.29) is 5.75 Å². The maximum atomic E-state index is 10.7. The van der Waals surface area contributed by atoms with E-state index in [4.69, 9.17) is 10.7 Å². The smallest absolute Gasteiger partial charge is 0.232 e. The van der Waals surface area contributed by atoms with Crippen molar-refractivity contribution < 1.29 is 8.42 Å². The van der Waals surface area contributed by atoms with Gasteiger partial charge in [0, 0.05) is 16.7 Å². The molecule has 90 valence electrons. The van der Waals surface area contributed by atoms with Gasteiger partial charge in [-0.05, 0) is 32.9 Å². The van der Waals surface area contributed by atoms with E-state index in [0.29, 0.717) is 12.5 Å². The molecule has 0 bridgehead atoms. The Morgan fingerprint density at radius 3 is 2.40 bits per heavy atom. The van der Waals surface area contributed by atoms with E-state index < -0.39 is 9.05 Å². The minimum atomic E-state index is -3.30. The van der Waals surface area contributed by atoms with E-state index in [1.165, 1.54) is 32.1 Å². The number of hydrogen-bond acceptors (Lipinski definition) is 3. The molecule has 1 aliphatic rings. The van der Waals surface area contributed by atoms with Crippen LogP contribution in [-0.2, 0) is 9.05 Å². The van der Waals surface area contributed by atoms with E-state index >= 15 is 0 Å². The minimum Gasteiger partial charge on any atom is -0.303 e. The monoisotopic (exact) mass is 253 g/mol. The fourth-order valence-electron chi connectivity index (χ4n) is 2.19. The lowest BCUT2D eigenvalue weighted by Gasteiger charge is -2.31. The van der Waals surface area contributed by atoms with Gasteiger partial charge in [-0.15, -0.1) is 0 Å². The first-order valence-corrected chi connectivity index (χ1v) is 8.09. The molecule has 0 radical (unpaired) electrons. The molecular formula is C10H20ClNO2S. The SMILES string of the molecule is CN(CCCS(=O)(=O)Cl)C1CCCCC1. The summed E-state index contributed by atoms with van der Waals surface area (Å²) in [6, 6.07) is 0.650. The first kappa shape index (κ1) is 13.3. The molecule has 0 heterocycles. The van der Waals surface area contributed by atoms with Gasteiger partial charge >= 0.3 is 0 Å². The highest BCUT2D eigenvalue weighted by Gasteiger charge is 2.17. The molecule has 0 N–H and O–H groups in total. The number of halogens is 1. The Morgan fingerprint density at radius 2 is 1.87 bits per heavy atom. The molecule has 0 atom stereocenters. The van der Waals surface area contributed by atoms with E-state index in [2.05, 4.69) is 11.9 Å². The van der Waals surface area contributed by atoms with Crippen LogP contribution in [0, 0.1) is 0 Å². The van der Waals surface area contributed by atoms with Crippen LogP contribution in [0.25, 0.3) is 0 Å². The minimum absolute atomic E-state index is 0.0889. The largest absolute Gasteiger partial charge is 0.303 e. The Hall–Kier alpha value is 0.200. The topological polar surface area (TPSA) is 37.4 Å². The molecule has 0 amide bonds. The van der Waals surface area contributed by atoms with Crippen molar-refractivity contribution in [1.82, 2.24) is 4.90 Å². The zero-order chi connectivity index (χ0) is 11.3. The zero-order valence-corrected chi connectivity index (χ0v) is 10.9. The van der Waals surface area contributed by atoms with Crippen LogP contribution < -0.4 is 0 Å². The quantitative estimate of drug-likeness (QED) is 0.705. The summed E-state index contributed by atoms with van der Waals surface area (Å²) in [6.07, 6.45) is 7.11. The number of rotatable bonds is 5. The van der Waals surface area contributed by atoms with Crippen LogP contribution in [0.2, 0.25) is 0 Å². The molecule has 1 fully saturated rings. The molecule has 5 heteroatoms. The van der Waals surface area contributed by atoms with Crippen molar-refractivity contribution in [3.8, 4) is 0 Å². The predicted octanol–water partition coefficient (Wildman–Crippen LogP) is 2.21. The molecule has 0 aliphatic heterocycles. The van der Waals surface area contributed by atoms with Crippen LogP contribution in [-0.4, -0.2) is 38.7 Å². The van der Waals surface area contributed by atoms with E-state index in [1.54, 1.807) is 0 Å². The van der Waals surface area contributed by atoms with Crippen LogP contribution >= 0.6 is 10.7 Å². The molecular weight excluding hydrogens is 234 g/mol. The van der Waals surface area contributed by atoms with Crippen molar-refractivity contribution in [2.24, 2.45) is 0 Å². The van der Waals surface area contributed by atoms with Gasteiger partial charge in [0.1, 0.15) is 0 Å². The summed E-state index contributed by atoms with van der Waals surface area (Å²) in [7, 11) is 3.93. The zero-order valence-electron chi connectivity index (χ0n) is 9.28. The molecule has 0 aromatic heterocycles. The lowest BCUT2D eigenvalue weighted by Crippen LogP contribution is -2.34. The lowest BCUT2D eigenvalue weighted by atomic mass is 9.94. The molecule has 1 saturated carbocycles. The van der Waals surface area contributed by atoms with Crippen LogP contribution in [0.1, 0.15) is 38.5 Å². The summed E-state index contributed by atoms with van der Waals surface area (Å²) >= 11 is 0. The van der Waals surface area contributed by atoms with E-state index in [9.17, 15) is 8.42 Å². The van der Waals surface area contributed by atoms with Crippen LogP contribution in [0.5, 0.6) is 0 Å². The molecule has 0 aromatic carbocycles. The fourth-order valence-corrected chi connectivity index (χ4v) is 2.99. The first-order chi connectivity index (χ1) is 6.99. The molecule has 0 unspecified atom stereocenters. The van der Waals surface area contributed by atoms with Crippen LogP contribution in [0.3, 0.4) is 0 Å². The van der Waals surface area contributed by atoms with Crippen molar-refractivity contribution in [3.05, 3.63) is 0 Å². The van der Waals surface area contributed by atoms with Gasteiger partial charge in [-0.1, -0.05) is 19.3 Å². The van der Waals surface area contributed by atoms with Crippen molar-refractivity contribution in [2.45, 2.75) is 44.6 Å². The number of hydrogen-bond donors (Lipinski definition) is 0. The van der Waals surface area contributed by atoms with Crippen LogP contribution in [0.15, 0.2) is 0 Å². The standard InChI is InChI=1S/C10H20ClNO2S/c1-12(8-5-9-15(11,13)14)10-6-3-2-4-7-10/h10H,2-9H2,1H3. The maximum absolute atomic E-state index is 10.7. The molecule has 0 spiro atoms. The first-order valence-electron chi connectivity index (χ1n) is 5.61. The van der Waals surface area contributed by atoms with Crippen molar-refractivity contribution in [1.29, 1.82) is 0 Å². The second-order valence-corrected chi connectivity index (χ2v) is 7.27. The van der Waals surface area contributed by atoms with Crippen molar-refractivity contribution >= 4 is 19.7 Å². The third kappa shape index (κ3) is 5.73. The highest BCUT2D eigenvalue weighted by atomic mass is 35.7. The van der Waals surface area contributed by atoms with Gasteiger partial charge in [0.15, 0.2) is 0 Å². The predicted molar refractivity (Wildman–Crippen MR) is 63.8 cm³/mol. The Morgan fingerprint density at radius 1 is 1.27 bits per heavy atom. The van der Waals surface area contributed by atoms with Gasteiger partial charge in [0.25, 0.3) is 0 Å². The van der Waals surface area contributed by atoms with Crippen molar-refractivity contribution in [3.63, 3.8) is 0 Å². The van der Waals surface area contributed by atoms with Gasteiger partial charge in [0.2, 0.25) is 9.05 Å². The molecule has 3 nitrogen and oxygen atoms in total. The molecule has 1 rings (SSSR count). The van der Waals surface area contributed by atoms with Gasteiger partial charge in [0.05, 0.1) is 5.75 Å². The van der Waals surface area contributed by atoms with Gasteiger partial charge in [-0.25, -0.2) is 8.42 Å². The Balaban J connectivity index is 2.20. The molecule has 15 heavy (non-hydrogen) atoms. The summed E-state index contributed by atoms with van der Waals surface area (Å²) in [6.45, 7) is 0.830. The Labute approximate surface area is 97.2 Å². The highest BCUT2D eigenvalue weighted by Crippen LogP contribution is 2.21. The molecule has 0 saturated heterocycles. The van der Waals surface area contributed by atoms with Crippen LogP contribution in [0.4, 0.5) is 0 Å². The third-order valence-electron chi connectivity index (χ3n) is 3.10. The summed E-state index contributed by atoms with van der Waals surface area (Å²) < 4.78 is 21.5. The fraction of sp³-hybridized carbons (Fsp3) is 1.00. The van der Waals surface area contributed by atoms with Gasteiger partial charge in [-0.2, -0.15) is 0 Å². The molecule has 1 aliphatic carbocycles. The normalized spacial score (nSPS) is 19.7. The van der Waals surface area contributed by atoms with Crippen molar-refractivity contribution in [2.75, 3.05) is 19.3 Å². The lowest BCUT2D eigenvalue weighted by molar-refractivity contribution is 0.192.